The Kier molecular flexibility index (Phi) is 7.36. The molecular formula is C13H14O5. The van der Waals surface area contributed by atoms with Gasteiger partial charge < -0.3 is 15.3 Å². The van der Waals surface area contributed by atoms with Gasteiger partial charge in [-0.05, 0) is 12.0 Å². The molecule has 18 heavy (non-hydrogen) atoms. The lowest BCUT2D eigenvalue weighted by atomic mass is 10.1. The highest BCUT2D eigenvalue weighted by molar-refractivity contribution is 5.86. The zero-order valence-corrected chi connectivity index (χ0v) is 9.61. The van der Waals surface area contributed by atoms with E-state index in [0.29, 0.717) is 6.42 Å². The van der Waals surface area contributed by atoms with E-state index in [1.807, 2.05) is 36.4 Å². The molecule has 0 saturated carbocycles. The second-order valence-corrected chi connectivity index (χ2v) is 3.21. The molecule has 0 unspecified atom stereocenters. The number of allylic oxidation sites excluding steroid dienone is 1. The first-order valence-electron chi connectivity index (χ1n) is 4.98. The molecule has 0 fully saturated rings. The molecule has 3 N–H and O–H groups in total. The number of aliphatic carboxylic acids is 1. The van der Waals surface area contributed by atoms with Crippen LogP contribution in [0.25, 0.3) is 6.08 Å². The molecule has 0 radical (unpaired) electrons. The van der Waals surface area contributed by atoms with E-state index in [1.165, 1.54) is 0 Å². The van der Waals surface area contributed by atoms with E-state index in [0.717, 1.165) is 5.56 Å². The number of rotatable bonds is 4. The van der Waals surface area contributed by atoms with Gasteiger partial charge in [0, 0.05) is 5.57 Å². The maximum atomic E-state index is 10.4. The van der Waals surface area contributed by atoms with Crippen molar-refractivity contribution in [3.05, 3.63) is 54.1 Å². The van der Waals surface area contributed by atoms with Crippen LogP contribution >= 0.6 is 0 Å². The first-order chi connectivity index (χ1) is 8.43. The van der Waals surface area contributed by atoms with Crippen molar-refractivity contribution in [3.8, 4) is 0 Å². The van der Waals surface area contributed by atoms with E-state index in [4.69, 9.17) is 20.1 Å². The van der Waals surface area contributed by atoms with Gasteiger partial charge in [0.1, 0.15) is 0 Å². The topological polar surface area (TPSA) is 94.8 Å². The van der Waals surface area contributed by atoms with E-state index in [2.05, 4.69) is 6.58 Å². The van der Waals surface area contributed by atoms with Crippen molar-refractivity contribution in [2.75, 3.05) is 0 Å². The summed E-state index contributed by atoms with van der Waals surface area (Å²) in [5.74, 6) is -0.942. The summed E-state index contributed by atoms with van der Waals surface area (Å²) in [6.07, 6.45) is 2.23. The molecule has 0 aromatic heterocycles. The minimum atomic E-state index is -1.83. The van der Waals surface area contributed by atoms with Gasteiger partial charge in [0.25, 0.3) is 0 Å². The highest BCUT2D eigenvalue weighted by Gasteiger charge is 1.99. The van der Waals surface area contributed by atoms with Crippen molar-refractivity contribution >= 4 is 18.2 Å². The average Bonchev–Trinajstić information content (AvgIpc) is 2.29. The summed E-state index contributed by atoms with van der Waals surface area (Å²) in [5.41, 5.74) is 1.27. The summed E-state index contributed by atoms with van der Waals surface area (Å²) in [6, 6.07) is 9.73. The summed E-state index contributed by atoms with van der Waals surface area (Å²) in [6.45, 7) is 3.43. The predicted octanol–water partition coefficient (Wildman–Crippen LogP) is 2.95. The van der Waals surface area contributed by atoms with E-state index < -0.39 is 12.1 Å². The van der Waals surface area contributed by atoms with E-state index in [-0.39, 0.29) is 5.57 Å². The number of carbonyl (C=O) groups is 2. The van der Waals surface area contributed by atoms with Crippen LogP contribution in [-0.2, 0) is 4.79 Å². The molecule has 1 aromatic rings. The summed E-state index contributed by atoms with van der Waals surface area (Å²) >= 11 is 0. The first-order valence-corrected chi connectivity index (χ1v) is 4.98. The Morgan fingerprint density at radius 1 is 1.11 bits per heavy atom. The molecular weight excluding hydrogens is 236 g/mol. The minimum Gasteiger partial charge on any atom is -0.478 e. The Morgan fingerprint density at radius 2 is 1.61 bits per heavy atom. The third-order valence-electron chi connectivity index (χ3n) is 1.78. The summed E-state index contributed by atoms with van der Waals surface area (Å²) < 4.78 is 0. The molecule has 0 saturated heterocycles. The highest BCUT2D eigenvalue weighted by Crippen LogP contribution is 2.05. The number of carboxylic acid groups (broad SMARTS) is 3. The molecule has 0 heterocycles. The van der Waals surface area contributed by atoms with Gasteiger partial charge >= 0.3 is 12.1 Å². The van der Waals surface area contributed by atoms with Crippen LogP contribution in [0.5, 0.6) is 0 Å². The van der Waals surface area contributed by atoms with Crippen LogP contribution in [0.15, 0.2) is 48.6 Å². The molecule has 5 heteroatoms. The third-order valence-corrected chi connectivity index (χ3v) is 1.78. The summed E-state index contributed by atoms with van der Waals surface area (Å²) in [4.78, 5) is 19.0. The standard InChI is InChI=1S/C12H12O2.CH2O3/c1-10(12(13)14)6-5-9-11-7-3-2-4-8-11;2-1(3)4/h2-5,7-9H,1,6H2,(H,13,14);(H2,2,3,4). The van der Waals surface area contributed by atoms with Gasteiger partial charge in [-0.25, -0.2) is 9.59 Å². The molecule has 0 amide bonds. The molecule has 0 aliphatic rings. The molecule has 1 rings (SSSR count). The van der Waals surface area contributed by atoms with Crippen LogP contribution < -0.4 is 0 Å². The van der Waals surface area contributed by atoms with Crippen LogP contribution in [-0.4, -0.2) is 27.4 Å². The fraction of sp³-hybridized carbons (Fsp3) is 0.0769. The normalized spacial score (nSPS) is 9.33. The van der Waals surface area contributed by atoms with Crippen molar-refractivity contribution in [1.29, 1.82) is 0 Å². The molecule has 5 nitrogen and oxygen atoms in total. The van der Waals surface area contributed by atoms with Crippen molar-refractivity contribution < 1.29 is 24.9 Å². The quantitative estimate of drug-likeness (QED) is 0.714. The van der Waals surface area contributed by atoms with Gasteiger partial charge in [-0.15, -0.1) is 0 Å². The molecule has 1 aromatic carbocycles. The van der Waals surface area contributed by atoms with Gasteiger partial charge in [-0.3, -0.25) is 0 Å². The van der Waals surface area contributed by atoms with E-state index in [9.17, 15) is 4.79 Å². The molecule has 0 spiro atoms. The van der Waals surface area contributed by atoms with Crippen molar-refractivity contribution in [1.82, 2.24) is 0 Å². The Hall–Kier alpha value is -2.56. The SMILES string of the molecule is C=C(CC=Cc1ccccc1)C(=O)O.O=C(O)O. The van der Waals surface area contributed by atoms with Gasteiger partial charge in [-0.1, -0.05) is 49.1 Å². The predicted molar refractivity (Wildman–Crippen MR) is 67.5 cm³/mol. The molecule has 0 aliphatic carbocycles. The molecule has 96 valence electrons. The van der Waals surface area contributed by atoms with Crippen LogP contribution in [0.4, 0.5) is 4.79 Å². The monoisotopic (exact) mass is 250 g/mol. The van der Waals surface area contributed by atoms with Crippen molar-refractivity contribution in [2.45, 2.75) is 6.42 Å². The van der Waals surface area contributed by atoms with Crippen LogP contribution in [0.3, 0.4) is 0 Å². The van der Waals surface area contributed by atoms with Gasteiger partial charge in [0.2, 0.25) is 0 Å². The van der Waals surface area contributed by atoms with Crippen LogP contribution in [0.2, 0.25) is 0 Å². The average molecular weight is 250 g/mol. The lowest BCUT2D eigenvalue weighted by molar-refractivity contribution is -0.132. The van der Waals surface area contributed by atoms with Gasteiger partial charge in [0.05, 0.1) is 0 Å². The van der Waals surface area contributed by atoms with Crippen molar-refractivity contribution in [3.63, 3.8) is 0 Å². The van der Waals surface area contributed by atoms with Crippen molar-refractivity contribution in [2.24, 2.45) is 0 Å². The zero-order chi connectivity index (χ0) is 14.0. The number of hydrogen-bond donors (Lipinski definition) is 3. The summed E-state index contributed by atoms with van der Waals surface area (Å²) in [7, 11) is 0. The minimum absolute atomic E-state index is 0.206. The Labute approximate surface area is 104 Å². The lowest BCUT2D eigenvalue weighted by Crippen LogP contribution is -1.96. The lowest BCUT2D eigenvalue weighted by Gasteiger charge is -1.93. The Morgan fingerprint density at radius 3 is 2.06 bits per heavy atom. The van der Waals surface area contributed by atoms with Crippen LogP contribution in [0.1, 0.15) is 12.0 Å². The molecule has 0 aliphatic heterocycles. The number of carboxylic acids is 1. The molecule has 0 bridgehead atoms. The number of hydrogen-bond acceptors (Lipinski definition) is 2. The Bertz CT molecular complexity index is 430. The van der Waals surface area contributed by atoms with Crippen LogP contribution in [0, 0.1) is 0 Å². The first kappa shape index (κ1) is 15.4. The maximum Gasteiger partial charge on any atom is 0.503 e. The largest absolute Gasteiger partial charge is 0.503 e. The number of benzene rings is 1. The van der Waals surface area contributed by atoms with Gasteiger partial charge in [0.15, 0.2) is 0 Å². The fourth-order valence-electron chi connectivity index (χ4n) is 0.989. The second kappa shape index (κ2) is 8.58. The molecule has 0 atom stereocenters. The highest BCUT2D eigenvalue weighted by atomic mass is 16.6. The maximum absolute atomic E-state index is 10.4. The fourth-order valence-corrected chi connectivity index (χ4v) is 0.989. The third kappa shape index (κ3) is 8.72. The summed E-state index contributed by atoms with van der Waals surface area (Å²) in [5, 5.41) is 22.5. The Balaban J connectivity index is 0.000000631. The zero-order valence-electron chi connectivity index (χ0n) is 9.61. The van der Waals surface area contributed by atoms with E-state index in [1.54, 1.807) is 6.08 Å². The smallest absolute Gasteiger partial charge is 0.478 e. The van der Waals surface area contributed by atoms with E-state index >= 15 is 0 Å². The second-order valence-electron chi connectivity index (χ2n) is 3.21. The van der Waals surface area contributed by atoms with Gasteiger partial charge in [-0.2, -0.15) is 0 Å².